The second-order valence-electron chi connectivity index (χ2n) is 8.51. The van der Waals surface area contributed by atoms with Crippen molar-refractivity contribution in [3.05, 3.63) is 75.7 Å². The molecule has 7 heteroatoms. The summed E-state index contributed by atoms with van der Waals surface area (Å²) in [6, 6.07) is 8.87. The van der Waals surface area contributed by atoms with Crippen LogP contribution in [-0.4, -0.2) is 28.1 Å². The highest BCUT2D eigenvalue weighted by atomic mass is 32.2. The van der Waals surface area contributed by atoms with Gasteiger partial charge in [-0.1, -0.05) is 18.2 Å². The van der Waals surface area contributed by atoms with Crippen molar-refractivity contribution in [3.8, 4) is 0 Å². The number of fused-ring (bicyclic) bond motifs is 1. The van der Waals surface area contributed by atoms with Crippen LogP contribution in [0.5, 0.6) is 0 Å². The van der Waals surface area contributed by atoms with Gasteiger partial charge < -0.3 is 4.90 Å². The monoisotopic (exact) mass is 454 g/mol. The zero-order valence-electron chi connectivity index (χ0n) is 18.4. The molecular weight excluding hydrogens is 430 g/mol. The Morgan fingerprint density at radius 2 is 1.78 bits per heavy atom. The lowest BCUT2D eigenvalue weighted by molar-refractivity contribution is -0.123. The van der Waals surface area contributed by atoms with Gasteiger partial charge in [0, 0.05) is 23.4 Å². The molecule has 4 rings (SSSR count). The van der Waals surface area contributed by atoms with E-state index in [9.17, 15) is 14.0 Å². The summed E-state index contributed by atoms with van der Waals surface area (Å²) in [6.07, 6.45) is 3.59. The van der Waals surface area contributed by atoms with E-state index in [2.05, 4.69) is 24.8 Å². The molecule has 1 fully saturated rings. The SMILES string of the molecule is CCN1c2cc(F)c(/C=C3/SC(=O)N(Cc4ccc(F)cc4)C3=O)cc2C(C)=CC1(C)C. The summed E-state index contributed by atoms with van der Waals surface area (Å²) in [5.41, 5.74) is 3.43. The molecule has 2 amide bonds. The van der Waals surface area contributed by atoms with Crippen LogP contribution in [0.3, 0.4) is 0 Å². The Morgan fingerprint density at radius 3 is 2.44 bits per heavy atom. The minimum Gasteiger partial charge on any atom is -0.363 e. The van der Waals surface area contributed by atoms with Crippen molar-refractivity contribution in [1.29, 1.82) is 0 Å². The lowest BCUT2D eigenvalue weighted by atomic mass is 9.88. The number of benzene rings is 2. The van der Waals surface area contributed by atoms with Gasteiger partial charge in [-0.2, -0.15) is 0 Å². The van der Waals surface area contributed by atoms with E-state index < -0.39 is 17.0 Å². The van der Waals surface area contributed by atoms with Gasteiger partial charge in [0.1, 0.15) is 11.6 Å². The molecule has 2 aromatic rings. The zero-order chi connectivity index (χ0) is 23.2. The largest absolute Gasteiger partial charge is 0.363 e. The normalized spacial score (nSPS) is 18.9. The third-order valence-corrected chi connectivity index (χ3v) is 6.73. The van der Waals surface area contributed by atoms with Crippen molar-refractivity contribution < 1.29 is 18.4 Å². The number of imide groups is 1. The average Bonchev–Trinajstić information content (AvgIpc) is 2.98. The fourth-order valence-electron chi connectivity index (χ4n) is 4.35. The highest BCUT2D eigenvalue weighted by Crippen LogP contribution is 2.41. The zero-order valence-corrected chi connectivity index (χ0v) is 19.2. The van der Waals surface area contributed by atoms with Crippen LogP contribution in [-0.2, 0) is 11.3 Å². The van der Waals surface area contributed by atoms with E-state index >= 15 is 4.39 Å². The van der Waals surface area contributed by atoms with Gasteiger partial charge in [0.05, 0.1) is 17.0 Å². The molecule has 0 radical (unpaired) electrons. The van der Waals surface area contributed by atoms with Crippen molar-refractivity contribution >= 4 is 40.2 Å². The number of carbonyl (C=O) groups is 2. The molecule has 0 unspecified atom stereocenters. The van der Waals surface area contributed by atoms with E-state index in [1.54, 1.807) is 6.07 Å². The number of thioether (sulfide) groups is 1. The smallest absolute Gasteiger partial charge is 0.293 e. The summed E-state index contributed by atoms with van der Waals surface area (Å²) in [5.74, 6) is -1.32. The fourth-order valence-corrected chi connectivity index (χ4v) is 5.18. The molecule has 0 aliphatic carbocycles. The van der Waals surface area contributed by atoms with Crippen LogP contribution < -0.4 is 4.90 Å². The third kappa shape index (κ3) is 3.97. The second-order valence-corrected chi connectivity index (χ2v) is 9.50. The van der Waals surface area contributed by atoms with Gasteiger partial charge in [-0.3, -0.25) is 14.5 Å². The van der Waals surface area contributed by atoms with Crippen molar-refractivity contribution in [2.45, 2.75) is 39.8 Å². The van der Waals surface area contributed by atoms with Gasteiger partial charge >= 0.3 is 0 Å². The van der Waals surface area contributed by atoms with Gasteiger partial charge in [0.25, 0.3) is 11.1 Å². The topological polar surface area (TPSA) is 40.6 Å². The maximum atomic E-state index is 15.1. The van der Waals surface area contributed by atoms with Crippen molar-refractivity contribution in [2.75, 3.05) is 11.4 Å². The lowest BCUT2D eigenvalue weighted by Crippen LogP contribution is -2.45. The van der Waals surface area contributed by atoms with E-state index in [1.165, 1.54) is 36.4 Å². The van der Waals surface area contributed by atoms with Crippen molar-refractivity contribution in [3.63, 3.8) is 0 Å². The Hall–Kier alpha value is -2.93. The number of nitrogens with zero attached hydrogens (tertiary/aromatic N) is 2. The van der Waals surface area contributed by atoms with Gasteiger partial charge in [-0.05, 0) is 80.9 Å². The summed E-state index contributed by atoms with van der Waals surface area (Å²) in [4.78, 5) is 28.7. The molecule has 0 saturated carbocycles. The second kappa shape index (κ2) is 8.20. The molecule has 2 aromatic carbocycles. The van der Waals surface area contributed by atoms with Gasteiger partial charge in [-0.25, -0.2) is 8.78 Å². The van der Waals surface area contributed by atoms with Gasteiger partial charge in [0.2, 0.25) is 0 Å². The number of halogens is 2. The number of hydrogen-bond acceptors (Lipinski definition) is 4. The number of amides is 2. The first-order chi connectivity index (χ1) is 15.1. The Labute approximate surface area is 190 Å². The molecule has 0 aromatic heterocycles. The highest BCUT2D eigenvalue weighted by Gasteiger charge is 2.36. The third-order valence-electron chi connectivity index (χ3n) is 5.83. The Morgan fingerprint density at radius 1 is 1.09 bits per heavy atom. The summed E-state index contributed by atoms with van der Waals surface area (Å²) >= 11 is 0.783. The molecule has 0 bridgehead atoms. The van der Waals surface area contributed by atoms with Crippen LogP contribution in [0.2, 0.25) is 0 Å². The summed E-state index contributed by atoms with van der Waals surface area (Å²) in [7, 11) is 0. The first-order valence-electron chi connectivity index (χ1n) is 10.4. The molecule has 0 atom stereocenters. The number of hydrogen-bond donors (Lipinski definition) is 0. The van der Waals surface area contributed by atoms with Gasteiger partial charge in [-0.15, -0.1) is 0 Å². The minimum atomic E-state index is -0.481. The Balaban J connectivity index is 1.66. The number of rotatable bonds is 4. The van der Waals surface area contributed by atoms with E-state index in [4.69, 9.17) is 0 Å². The highest BCUT2D eigenvalue weighted by molar-refractivity contribution is 8.18. The van der Waals surface area contributed by atoms with Crippen LogP contribution >= 0.6 is 11.8 Å². The fraction of sp³-hybridized carbons (Fsp3) is 0.280. The number of likely N-dealkylation sites (N-methyl/N-ethyl adjacent to an activating group) is 1. The van der Waals surface area contributed by atoms with E-state index in [-0.39, 0.29) is 28.4 Å². The standard InChI is InChI=1S/C25H24F2N2O2S/c1-5-29-21-12-20(27)17(10-19(21)15(2)13-25(29,3)4)11-22-23(30)28(24(31)32-22)14-16-6-8-18(26)9-7-16/h6-13H,5,14H2,1-4H3/b22-11+. The maximum absolute atomic E-state index is 15.1. The first kappa shape index (κ1) is 22.3. The number of allylic oxidation sites excluding steroid dienone is 1. The first-order valence-corrected chi connectivity index (χ1v) is 11.2. The molecule has 4 nitrogen and oxygen atoms in total. The Kier molecular flexibility index (Phi) is 5.71. The molecule has 2 heterocycles. The van der Waals surface area contributed by atoms with Crippen molar-refractivity contribution in [1.82, 2.24) is 4.90 Å². The van der Waals surface area contributed by atoms with Crippen LogP contribution in [0.4, 0.5) is 19.3 Å². The predicted octanol–water partition coefficient (Wildman–Crippen LogP) is 6.22. The maximum Gasteiger partial charge on any atom is 0.293 e. The molecule has 1 saturated heterocycles. The van der Waals surface area contributed by atoms with Crippen LogP contribution in [0.25, 0.3) is 11.6 Å². The molecule has 32 heavy (non-hydrogen) atoms. The van der Waals surface area contributed by atoms with Gasteiger partial charge in [0.15, 0.2) is 0 Å². The van der Waals surface area contributed by atoms with Crippen LogP contribution in [0, 0.1) is 11.6 Å². The van der Waals surface area contributed by atoms with E-state index in [0.717, 1.165) is 40.0 Å². The molecular formula is C25H24F2N2O2S. The van der Waals surface area contributed by atoms with Crippen LogP contribution in [0.15, 0.2) is 47.4 Å². The molecule has 2 aliphatic rings. The summed E-state index contributed by atoms with van der Waals surface area (Å²) < 4.78 is 28.2. The van der Waals surface area contributed by atoms with E-state index in [0.29, 0.717) is 5.56 Å². The van der Waals surface area contributed by atoms with E-state index in [1.807, 2.05) is 13.8 Å². The number of carbonyl (C=O) groups excluding carboxylic acids is 2. The average molecular weight is 455 g/mol. The molecule has 0 N–H and O–H groups in total. The quantitative estimate of drug-likeness (QED) is 0.514. The summed E-state index contributed by atoms with van der Waals surface area (Å²) in [5, 5.41) is -0.432. The minimum absolute atomic E-state index is 0.0390. The number of anilines is 1. The van der Waals surface area contributed by atoms with Crippen molar-refractivity contribution in [2.24, 2.45) is 0 Å². The summed E-state index contributed by atoms with van der Waals surface area (Å²) in [6.45, 7) is 8.97. The molecule has 2 aliphatic heterocycles. The molecule has 166 valence electrons. The lowest BCUT2D eigenvalue weighted by Gasteiger charge is -2.42. The predicted molar refractivity (Wildman–Crippen MR) is 125 cm³/mol. The van der Waals surface area contributed by atoms with Crippen LogP contribution in [0.1, 0.15) is 44.4 Å². The Bertz CT molecular complexity index is 1170. The molecule has 0 spiro atoms.